The molecule has 1 aliphatic heterocycles. The first kappa shape index (κ1) is 19.4. The van der Waals surface area contributed by atoms with Gasteiger partial charge in [-0.25, -0.2) is 8.42 Å². The van der Waals surface area contributed by atoms with E-state index < -0.39 is 10.0 Å². The Morgan fingerprint density at radius 2 is 1.67 bits per heavy atom. The van der Waals surface area contributed by atoms with Crippen LogP contribution >= 0.6 is 0 Å². The van der Waals surface area contributed by atoms with E-state index in [1.54, 1.807) is 16.4 Å². The molecule has 3 aliphatic rings. The molecule has 4 nitrogen and oxygen atoms in total. The summed E-state index contributed by atoms with van der Waals surface area (Å²) in [4.78, 5) is 3.03. The molecule has 4 rings (SSSR count). The first-order chi connectivity index (χ1) is 12.7. The van der Waals surface area contributed by atoms with Gasteiger partial charge in [0.2, 0.25) is 10.0 Å². The normalized spacial score (nSPS) is 30.6. The van der Waals surface area contributed by atoms with E-state index in [-0.39, 0.29) is 5.41 Å². The lowest BCUT2D eigenvalue weighted by atomic mass is 9.87. The Morgan fingerprint density at radius 3 is 2.26 bits per heavy atom. The molecule has 3 unspecified atom stereocenters. The van der Waals surface area contributed by atoms with Gasteiger partial charge in [0.15, 0.2) is 0 Å². The SMILES string of the molecule is CC(C)(C)c1ccc(S(=O)(=O)N2CCCN(C3CC4CCC3C4)CC2)cc1. The van der Waals surface area contributed by atoms with Gasteiger partial charge in [0.1, 0.15) is 0 Å². The lowest BCUT2D eigenvalue weighted by molar-refractivity contribution is 0.150. The molecule has 0 amide bonds. The Balaban J connectivity index is 1.45. The van der Waals surface area contributed by atoms with Crippen molar-refractivity contribution in [2.45, 2.75) is 69.2 Å². The van der Waals surface area contributed by atoms with Crippen LogP contribution in [0, 0.1) is 11.8 Å². The molecule has 27 heavy (non-hydrogen) atoms. The van der Waals surface area contributed by atoms with Crippen LogP contribution in [0.4, 0.5) is 0 Å². The Kier molecular flexibility index (Phi) is 5.15. The van der Waals surface area contributed by atoms with Crippen LogP contribution in [0.3, 0.4) is 0 Å². The summed E-state index contributed by atoms with van der Waals surface area (Å²) in [7, 11) is -3.40. The minimum absolute atomic E-state index is 0.0338. The van der Waals surface area contributed by atoms with E-state index in [1.165, 1.54) is 31.2 Å². The van der Waals surface area contributed by atoms with Crippen molar-refractivity contribution in [3.05, 3.63) is 29.8 Å². The second kappa shape index (κ2) is 7.16. The Morgan fingerprint density at radius 1 is 0.926 bits per heavy atom. The number of hydrogen-bond donors (Lipinski definition) is 0. The fourth-order valence-corrected chi connectivity index (χ4v) is 6.89. The molecule has 2 aliphatic carbocycles. The molecule has 3 atom stereocenters. The molecule has 2 bridgehead atoms. The highest BCUT2D eigenvalue weighted by molar-refractivity contribution is 7.89. The molecule has 0 radical (unpaired) electrons. The number of benzene rings is 1. The Bertz CT molecular complexity index is 766. The molecule has 2 saturated carbocycles. The van der Waals surface area contributed by atoms with Crippen LogP contribution in [0.1, 0.15) is 58.4 Å². The number of hydrogen-bond acceptors (Lipinski definition) is 3. The lowest BCUT2D eigenvalue weighted by Gasteiger charge is -2.33. The predicted octanol–water partition coefficient (Wildman–Crippen LogP) is 3.87. The molecular formula is C22H34N2O2S. The molecule has 1 aromatic carbocycles. The van der Waals surface area contributed by atoms with E-state index in [0.29, 0.717) is 24.0 Å². The van der Waals surface area contributed by atoms with Gasteiger partial charge in [-0.3, -0.25) is 4.90 Å². The van der Waals surface area contributed by atoms with Gasteiger partial charge < -0.3 is 0 Å². The third-order valence-electron chi connectivity index (χ3n) is 7.02. The molecule has 1 heterocycles. The quantitative estimate of drug-likeness (QED) is 0.787. The first-order valence-electron chi connectivity index (χ1n) is 10.6. The number of sulfonamides is 1. The van der Waals surface area contributed by atoms with Crippen molar-refractivity contribution in [3.63, 3.8) is 0 Å². The number of nitrogens with zero attached hydrogens (tertiary/aromatic N) is 2. The maximum absolute atomic E-state index is 13.2. The highest BCUT2D eigenvalue weighted by Gasteiger charge is 2.42. The zero-order chi connectivity index (χ0) is 19.2. The summed E-state index contributed by atoms with van der Waals surface area (Å²) in [6.07, 6.45) is 6.48. The molecular weight excluding hydrogens is 356 g/mol. The number of rotatable bonds is 3. The van der Waals surface area contributed by atoms with Crippen molar-refractivity contribution in [3.8, 4) is 0 Å². The smallest absolute Gasteiger partial charge is 0.243 e. The Labute approximate surface area is 165 Å². The monoisotopic (exact) mass is 390 g/mol. The third-order valence-corrected chi connectivity index (χ3v) is 8.93. The molecule has 0 spiro atoms. The van der Waals surface area contributed by atoms with Gasteiger partial charge in [0, 0.05) is 25.7 Å². The summed E-state index contributed by atoms with van der Waals surface area (Å²) < 4.78 is 28.0. The van der Waals surface area contributed by atoms with Crippen molar-refractivity contribution in [2.24, 2.45) is 11.8 Å². The molecule has 5 heteroatoms. The van der Waals surface area contributed by atoms with Crippen LogP contribution in [0.15, 0.2) is 29.2 Å². The molecule has 1 aromatic rings. The summed E-state index contributed by atoms with van der Waals surface area (Å²) in [5.41, 5.74) is 1.20. The minimum atomic E-state index is -3.40. The van der Waals surface area contributed by atoms with E-state index in [9.17, 15) is 8.42 Å². The van der Waals surface area contributed by atoms with Crippen molar-refractivity contribution in [1.82, 2.24) is 9.21 Å². The highest BCUT2D eigenvalue weighted by Crippen LogP contribution is 2.46. The zero-order valence-corrected chi connectivity index (χ0v) is 17.8. The van der Waals surface area contributed by atoms with Crippen LogP contribution in [-0.4, -0.2) is 49.8 Å². The van der Waals surface area contributed by atoms with Gasteiger partial charge in [-0.05, 0) is 67.2 Å². The van der Waals surface area contributed by atoms with Crippen molar-refractivity contribution in [1.29, 1.82) is 0 Å². The largest absolute Gasteiger partial charge is 0.299 e. The number of fused-ring (bicyclic) bond motifs is 2. The second-order valence-corrected chi connectivity index (χ2v) is 11.7. The van der Waals surface area contributed by atoms with E-state index in [4.69, 9.17) is 0 Å². The van der Waals surface area contributed by atoms with Gasteiger partial charge in [0.25, 0.3) is 0 Å². The van der Waals surface area contributed by atoms with E-state index in [2.05, 4.69) is 25.7 Å². The van der Waals surface area contributed by atoms with Gasteiger partial charge >= 0.3 is 0 Å². The van der Waals surface area contributed by atoms with Crippen LogP contribution in [0.5, 0.6) is 0 Å². The fraction of sp³-hybridized carbons (Fsp3) is 0.727. The molecule has 0 aromatic heterocycles. The average molecular weight is 391 g/mol. The van der Waals surface area contributed by atoms with Crippen molar-refractivity contribution >= 4 is 10.0 Å². The zero-order valence-electron chi connectivity index (χ0n) is 17.0. The standard InChI is InChI=1S/C22H34N2O2S/c1-22(2,3)19-7-9-20(10-8-19)27(25,26)24-12-4-11-23(13-14-24)21-16-17-5-6-18(21)15-17/h7-10,17-18,21H,4-6,11-16H2,1-3H3. The van der Waals surface area contributed by atoms with Crippen LogP contribution in [0.25, 0.3) is 0 Å². The van der Waals surface area contributed by atoms with Gasteiger partial charge in [-0.15, -0.1) is 0 Å². The molecule has 3 fully saturated rings. The van der Waals surface area contributed by atoms with Crippen molar-refractivity contribution in [2.75, 3.05) is 26.2 Å². The van der Waals surface area contributed by atoms with Crippen LogP contribution < -0.4 is 0 Å². The van der Waals surface area contributed by atoms with Gasteiger partial charge in [0.05, 0.1) is 4.90 Å². The second-order valence-electron chi connectivity index (χ2n) is 9.81. The van der Waals surface area contributed by atoms with E-state index >= 15 is 0 Å². The first-order valence-corrected chi connectivity index (χ1v) is 12.0. The maximum atomic E-state index is 13.2. The third kappa shape index (κ3) is 3.83. The van der Waals surface area contributed by atoms with Crippen LogP contribution in [-0.2, 0) is 15.4 Å². The summed E-state index contributed by atoms with van der Waals surface area (Å²) in [5.74, 6) is 1.80. The maximum Gasteiger partial charge on any atom is 0.243 e. The van der Waals surface area contributed by atoms with E-state index in [0.717, 1.165) is 31.3 Å². The summed E-state index contributed by atoms with van der Waals surface area (Å²) in [6, 6.07) is 8.21. The average Bonchev–Trinajstić information content (AvgIpc) is 3.16. The predicted molar refractivity (Wildman–Crippen MR) is 109 cm³/mol. The fourth-order valence-electron chi connectivity index (χ4n) is 5.42. The minimum Gasteiger partial charge on any atom is -0.299 e. The summed E-state index contributed by atoms with van der Waals surface area (Å²) in [5, 5.41) is 0. The van der Waals surface area contributed by atoms with Gasteiger partial charge in [-0.2, -0.15) is 4.31 Å². The van der Waals surface area contributed by atoms with Crippen LogP contribution in [0.2, 0.25) is 0 Å². The van der Waals surface area contributed by atoms with Gasteiger partial charge in [-0.1, -0.05) is 39.3 Å². The Hall–Kier alpha value is -0.910. The lowest BCUT2D eigenvalue weighted by Crippen LogP contribution is -2.42. The molecule has 0 N–H and O–H groups in total. The molecule has 1 saturated heterocycles. The summed E-state index contributed by atoms with van der Waals surface area (Å²) in [6.45, 7) is 9.63. The van der Waals surface area contributed by atoms with Crippen molar-refractivity contribution < 1.29 is 8.42 Å². The highest BCUT2D eigenvalue weighted by atomic mass is 32.2. The van der Waals surface area contributed by atoms with E-state index in [1.807, 2.05) is 12.1 Å². The molecule has 150 valence electrons. The summed E-state index contributed by atoms with van der Waals surface area (Å²) >= 11 is 0. The topological polar surface area (TPSA) is 40.6 Å².